The first-order valence-corrected chi connectivity index (χ1v) is 10.1. The van der Waals surface area contributed by atoms with E-state index in [0.29, 0.717) is 0 Å². The molecule has 3 heteroatoms. The molecular weight excluding hydrogens is 308 g/mol. The maximum absolute atomic E-state index is 6.57. The van der Waals surface area contributed by atoms with Gasteiger partial charge < -0.3 is 15.0 Å². The zero-order valence-electron chi connectivity index (χ0n) is 15.5. The lowest BCUT2D eigenvalue weighted by atomic mass is 9.81. The zero-order chi connectivity index (χ0) is 17.1. The quantitative estimate of drug-likeness (QED) is 0.837. The van der Waals surface area contributed by atoms with E-state index in [9.17, 15) is 0 Å². The lowest BCUT2D eigenvalue weighted by molar-refractivity contribution is 0.00754. The molecule has 3 aliphatic rings. The van der Waals surface area contributed by atoms with E-state index in [1.54, 1.807) is 0 Å². The molecule has 1 heterocycles. The van der Waals surface area contributed by atoms with E-state index >= 15 is 0 Å². The molecule has 1 spiro atoms. The number of allylic oxidation sites excluding steroid dienone is 2. The molecule has 1 aromatic carbocycles. The third-order valence-electron chi connectivity index (χ3n) is 6.48. The average molecular weight is 341 g/mol. The van der Waals surface area contributed by atoms with Gasteiger partial charge in [-0.1, -0.05) is 30.4 Å². The van der Waals surface area contributed by atoms with Crippen LogP contribution in [-0.2, 0) is 6.54 Å². The van der Waals surface area contributed by atoms with Gasteiger partial charge in [0.25, 0.3) is 0 Å². The summed E-state index contributed by atoms with van der Waals surface area (Å²) in [5.74, 6) is 1.95. The van der Waals surface area contributed by atoms with Crippen LogP contribution < -0.4 is 10.1 Å². The SMILES string of the molecule is CN(CC1CC=CCC1)C1CCC2(CC1)CNCc1ccccc1O2. The molecule has 0 amide bonds. The Labute approximate surface area is 152 Å². The van der Waals surface area contributed by atoms with Gasteiger partial charge in [0.05, 0.1) is 0 Å². The predicted octanol–water partition coefficient (Wildman–Crippen LogP) is 4.14. The highest BCUT2D eigenvalue weighted by Gasteiger charge is 2.39. The standard InChI is InChI=1S/C22H32N2O/c1-24(16-18-7-3-2-4-8-18)20-11-13-22(14-12-20)17-23-15-19-9-5-6-10-21(19)25-22/h2-3,5-6,9-10,18,20,23H,4,7-8,11-17H2,1H3. The number of ether oxygens (including phenoxy) is 1. The van der Waals surface area contributed by atoms with Gasteiger partial charge in [0, 0.05) is 31.2 Å². The van der Waals surface area contributed by atoms with Crippen molar-refractivity contribution >= 4 is 0 Å². The normalized spacial score (nSPS) is 32.2. The van der Waals surface area contributed by atoms with Crippen molar-refractivity contribution < 1.29 is 4.74 Å². The second-order valence-electron chi connectivity index (χ2n) is 8.32. The summed E-state index contributed by atoms with van der Waals surface area (Å²) in [5.41, 5.74) is 1.29. The maximum Gasteiger partial charge on any atom is 0.124 e. The minimum absolute atomic E-state index is 0.00246. The minimum atomic E-state index is -0.00246. The van der Waals surface area contributed by atoms with E-state index in [2.05, 4.69) is 53.7 Å². The molecule has 0 aromatic heterocycles. The summed E-state index contributed by atoms with van der Waals surface area (Å²) in [7, 11) is 2.34. The van der Waals surface area contributed by atoms with Crippen LogP contribution in [-0.4, -0.2) is 36.7 Å². The van der Waals surface area contributed by atoms with Crippen molar-refractivity contribution in [2.45, 2.75) is 63.1 Å². The van der Waals surface area contributed by atoms with Gasteiger partial charge in [-0.3, -0.25) is 0 Å². The number of nitrogens with zero attached hydrogens (tertiary/aromatic N) is 1. The third kappa shape index (κ3) is 3.93. The van der Waals surface area contributed by atoms with Crippen molar-refractivity contribution in [2.24, 2.45) is 5.92 Å². The fourth-order valence-electron chi connectivity index (χ4n) is 4.87. The number of fused-ring (bicyclic) bond motifs is 1. The van der Waals surface area contributed by atoms with Crippen molar-refractivity contribution in [3.63, 3.8) is 0 Å². The molecule has 1 atom stereocenters. The molecule has 3 nitrogen and oxygen atoms in total. The highest BCUT2D eigenvalue weighted by atomic mass is 16.5. The molecule has 1 aromatic rings. The Morgan fingerprint density at radius 3 is 2.80 bits per heavy atom. The van der Waals surface area contributed by atoms with Crippen molar-refractivity contribution in [2.75, 3.05) is 20.1 Å². The third-order valence-corrected chi connectivity index (χ3v) is 6.48. The number of benzene rings is 1. The van der Waals surface area contributed by atoms with Gasteiger partial charge in [0.2, 0.25) is 0 Å². The maximum atomic E-state index is 6.57. The van der Waals surface area contributed by atoms with Crippen LogP contribution in [0.5, 0.6) is 5.75 Å². The minimum Gasteiger partial charge on any atom is -0.486 e. The zero-order valence-corrected chi connectivity index (χ0v) is 15.5. The predicted molar refractivity (Wildman–Crippen MR) is 103 cm³/mol. The highest BCUT2D eigenvalue weighted by Crippen LogP contribution is 2.37. The largest absolute Gasteiger partial charge is 0.486 e. The van der Waals surface area contributed by atoms with E-state index in [-0.39, 0.29) is 5.60 Å². The Hall–Kier alpha value is -1.32. The van der Waals surface area contributed by atoms with Crippen LogP contribution in [0.3, 0.4) is 0 Å². The lowest BCUT2D eigenvalue weighted by Crippen LogP contribution is -2.50. The van der Waals surface area contributed by atoms with Gasteiger partial charge in [-0.05, 0) is 64.0 Å². The number of hydrogen-bond acceptors (Lipinski definition) is 3. The van der Waals surface area contributed by atoms with E-state index in [0.717, 1.165) is 43.6 Å². The molecule has 1 N–H and O–H groups in total. The molecule has 1 saturated carbocycles. The molecule has 136 valence electrons. The second-order valence-corrected chi connectivity index (χ2v) is 8.32. The van der Waals surface area contributed by atoms with Gasteiger partial charge in [-0.2, -0.15) is 0 Å². The summed E-state index contributed by atoms with van der Waals surface area (Å²) in [6.07, 6.45) is 13.4. The molecule has 2 aliphatic carbocycles. The van der Waals surface area contributed by atoms with Gasteiger partial charge in [0.15, 0.2) is 0 Å². The molecule has 1 unspecified atom stereocenters. The Morgan fingerprint density at radius 2 is 2.00 bits per heavy atom. The van der Waals surface area contributed by atoms with Crippen molar-refractivity contribution in [1.82, 2.24) is 10.2 Å². The summed E-state index contributed by atoms with van der Waals surface area (Å²) >= 11 is 0. The van der Waals surface area contributed by atoms with Crippen LogP contribution in [0, 0.1) is 5.92 Å². The molecule has 1 aliphatic heterocycles. The van der Waals surface area contributed by atoms with Crippen LogP contribution in [0.4, 0.5) is 0 Å². The summed E-state index contributed by atoms with van der Waals surface area (Å²) in [4.78, 5) is 2.63. The van der Waals surface area contributed by atoms with E-state index < -0.39 is 0 Å². The fourth-order valence-corrected chi connectivity index (χ4v) is 4.87. The van der Waals surface area contributed by atoms with E-state index in [1.807, 2.05) is 0 Å². The fraction of sp³-hybridized carbons (Fsp3) is 0.636. The van der Waals surface area contributed by atoms with Gasteiger partial charge in [0.1, 0.15) is 11.4 Å². The molecule has 0 saturated heterocycles. The molecular formula is C22H32N2O. The van der Waals surface area contributed by atoms with Crippen LogP contribution in [0.2, 0.25) is 0 Å². The monoisotopic (exact) mass is 340 g/mol. The molecule has 0 bridgehead atoms. The van der Waals surface area contributed by atoms with Gasteiger partial charge in [-0.25, -0.2) is 0 Å². The van der Waals surface area contributed by atoms with Crippen molar-refractivity contribution in [1.29, 1.82) is 0 Å². The van der Waals surface area contributed by atoms with Gasteiger partial charge in [-0.15, -0.1) is 0 Å². The van der Waals surface area contributed by atoms with Crippen LogP contribution >= 0.6 is 0 Å². The second kappa shape index (κ2) is 7.51. The van der Waals surface area contributed by atoms with Crippen molar-refractivity contribution in [3.05, 3.63) is 42.0 Å². The van der Waals surface area contributed by atoms with E-state index in [4.69, 9.17) is 4.74 Å². The Kier molecular flexibility index (Phi) is 5.14. The molecule has 25 heavy (non-hydrogen) atoms. The molecule has 4 rings (SSSR count). The first kappa shape index (κ1) is 17.1. The molecule has 0 radical (unpaired) electrons. The van der Waals surface area contributed by atoms with Crippen molar-refractivity contribution in [3.8, 4) is 5.75 Å². The average Bonchev–Trinajstić information content (AvgIpc) is 2.82. The lowest BCUT2D eigenvalue weighted by Gasteiger charge is -2.43. The Balaban J connectivity index is 1.35. The van der Waals surface area contributed by atoms with Crippen LogP contribution in [0.15, 0.2) is 36.4 Å². The summed E-state index contributed by atoms with van der Waals surface area (Å²) in [6.45, 7) is 3.16. The van der Waals surface area contributed by atoms with Crippen LogP contribution in [0.25, 0.3) is 0 Å². The smallest absolute Gasteiger partial charge is 0.124 e. The number of rotatable bonds is 3. The number of para-hydroxylation sites is 1. The Bertz CT molecular complexity index is 604. The summed E-state index contributed by atoms with van der Waals surface area (Å²) < 4.78 is 6.57. The number of nitrogens with one attached hydrogen (secondary N) is 1. The van der Waals surface area contributed by atoms with E-state index in [1.165, 1.54) is 44.2 Å². The topological polar surface area (TPSA) is 24.5 Å². The first-order chi connectivity index (χ1) is 12.2. The highest BCUT2D eigenvalue weighted by molar-refractivity contribution is 5.34. The number of hydrogen-bond donors (Lipinski definition) is 1. The first-order valence-electron chi connectivity index (χ1n) is 10.1. The summed E-state index contributed by atoms with van der Waals surface area (Å²) in [6, 6.07) is 9.24. The molecule has 1 fully saturated rings. The van der Waals surface area contributed by atoms with Crippen LogP contribution in [0.1, 0.15) is 50.5 Å². The van der Waals surface area contributed by atoms with Gasteiger partial charge >= 0.3 is 0 Å². The summed E-state index contributed by atoms with van der Waals surface area (Å²) in [5, 5.41) is 3.63. The Morgan fingerprint density at radius 1 is 1.16 bits per heavy atom.